The molecule has 0 fully saturated rings. The zero-order chi connectivity index (χ0) is 20.6. The standard InChI is InChI=1S/C25H21NO3/c26-17-19-7-9-20(10-8-19)21-12-14-22(15-13-21)24(27)16-23(25(28)29)11-6-18-4-2-1-3-5-18/h1-5,7-10,12-15,23H,6,11,16H2,(H,28,29). The fraction of sp³-hybridized carbons (Fsp3) is 0.160. The molecule has 0 aromatic heterocycles. The maximum absolute atomic E-state index is 12.6. The molecule has 1 atom stereocenters. The molecule has 0 aliphatic rings. The Kier molecular flexibility index (Phi) is 6.55. The summed E-state index contributed by atoms with van der Waals surface area (Å²) in [5.41, 5.74) is 4.06. The van der Waals surface area contributed by atoms with E-state index in [9.17, 15) is 14.7 Å². The van der Waals surface area contributed by atoms with Crippen LogP contribution >= 0.6 is 0 Å². The number of carbonyl (C=O) groups excluding carboxylic acids is 1. The molecule has 0 saturated carbocycles. The molecule has 0 aliphatic heterocycles. The highest BCUT2D eigenvalue weighted by Gasteiger charge is 2.22. The number of rotatable bonds is 8. The van der Waals surface area contributed by atoms with Gasteiger partial charge in [-0.3, -0.25) is 9.59 Å². The van der Waals surface area contributed by atoms with Crippen molar-refractivity contribution >= 4 is 11.8 Å². The van der Waals surface area contributed by atoms with Gasteiger partial charge in [-0.2, -0.15) is 5.26 Å². The Morgan fingerprint density at radius 2 is 1.45 bits per heavy atom. The van der Waals surface area contributed by atoms with Crippen molar-refractivity contribution in [3.8, 4) is 17.2 Å². The van der Waals surface area contributed by atoms with Crippen molar-refractivity contribution in [2.45, 2.75) is 19.3 Å². The summed E-state index contributed by atoms with van der Waals surface area (Å²) in [4.78, 5) is 24.2. The average molecular weight is 383 g/mol. The van der Waals surface area contributed by atoms with Gasteiger partial charge in [0.1, 0.15) is 0 Å². The Morgan fingerprint density at radius 1 is 0.862 bits per heavy atom. The molecule has 144 valence electrons. The molecule has 0 heterocycles. The minimum Gasteiger partial charge on any atom is -0.481 e. The molecule has 1 N–H and O–H groups in total. The van der Waals surface area contributed by atoms with E-state index in [1.165, 1.54) is 0 Å². The van der Waals surface area contributed by atoms with Gasteiger partial charge in [-0.1, -0.05) is 66.7 Å². The predicted molar refractivity (Wildman–Crippen MR) is 111 cm³/mol. The normalized spacial score (nSPS) is 11.4. The minimum absolute atomic E-state index is 0.0155. The van der Waals surface area contributed by atoms with Crippen LogP contribution in [0.3, 0.4) is 0 Å². The van der Waals surface area contributed by atoms with E-state index in [4.69, 9.17) is 5.26 Å². The topological polar surface area (TPSA) is 78.2 Å². The number of aryl methyl sites for hydroxylation is 1. The lowest BCUT2D eigenvalue weighted by Crippen LogP contribution is -2.19. The van der Waals surface area contributed by atoms with E-state index in [0.717, 1.165) is 16.7 Å². The zero-order valence-corrected chi connectivity index (χ0v) is 15.9. The Hall–Kier alpha value is -3.71. The number of carboxylic acid groups (broad SMARTS) is 1. The van der Waals surface area contributed by atoms with E-state index in [2.05, 4.69) is 6.07 Å². The number of nitrogens with zero attached hydrogens (tertiary/aromatic N) is 1. The molecule has 3 aromatic carbocycles. The van der Waals surface area contributed by atoms with Crippen molar-refractivity contribution in [2.24, 2.45) is 5.92 Å². The van der Waals surface area contributed by atoms with Gasteiger partial charge < -0.3 is 5.11 Å². The van der Waals surface area contributed by atoms with Crippen molar-refractivity contribution in [1.82, 2.24) is 0 Å². The van der Waals surface area contributed by atoms with Crippen LogP contribution in [0.15, 0.2) is 78.9 Å². The highest BCUT2D eigenvalue weighted by atomic mass is 16.4. The number of ketones is 1. The fourth-order valence-electron chi connectivity index (χ4n) is 3.23. The Labute approximate surface area is 170 Å². The first kappa shape index (κ1) is 20.0. The molecule has 0 aliphatic carbocycles. The van der Waals surface area contributed by atoms with Crippen LogP contribution in [0.2, 0.25) is 0 Å². The second-order valence-corrected chi connectivity index (χ2v) is 6.95. The van der Waals surface area contributed by atoms with Crippen molar-refractivity contribution in [1.29, 1.82) is 5.26 Å². The minimum atomic E-state index is -0.941. The SMILES string of the molecule is N#Cc1ccc(-c2ccc(C(=O)CC(CCc3ccccc3)C(=O)O)cc2)cc1. The van der Waals surface area contributed by atoms with E-state index in [-0.39, 0.29) is 12.2 Å². The van der Waals surface area contributed by atoms with Crippen LogP contribution in [-0.4, -0.2) is 16.9 Å². The van der Waals surface area contributed by atoms with Crippen LogP contribution in [0.25, 0.3) is 11.1 Å². The molecule has 3 rings (SSSR count). The number of Topliss-reactive ketones (excluding diaryl/α,β-unsaturated/α-hetero) is 1. The van der Waals surface area contributed by atoms with Gasteiger partial charge in [-0.25, -0.2) is 0 Å². The van der Waals surface area contributed by atoms with Gasteiger partial charge >= 0.3 is 5.97 Å². The first-order valence-corrected chi connectivity index (χ1v) is 9.47. The average Bonchev–Trinajstić information content (AvgIpc) is 2.77. The highest BCUT2D eigenvalue weighted by Crippen LogP contribution is 2.22. The smallest absolute Gasteiger partial charge is 0.306 e. The Morgan fingerprint density at radius 3 is 2.00 bits per heavy atom. The molecule has 4 nitrogen and oxygen atoms in total. The van der Waals surface area contributed by atoms with E-state index in [1.807, 2.05) is 54.6 Å². The van der Waals surface area contributed by atoms with Crippen molar-refractivity contribution in [3.05, 3.63) is 95.6 Å². The van der Waals surface area contributed by atoms with Crippen molar-refractivity contribution in [3.63, 3.8) is 0 Å². The summed E-state index contributed by atoms with van der Waals surface area (Å²) in [5.74, 6) is -1.82. The number of nitriles is 1. The number of carbonyl (C=O) groups is 2. The second kappa shape index (κ2) is 9.48. The number of hydrogen-bond donors (Lipinski definition) is 1. The number of carboxylic acids is 1. The van der Waals surface area contributed by atoms with E-state index >= 15 is 0 Å². The van der Waals surface area contributed by atoms with Crippen LogP contribution < -0.4 is 0 Å². The fourth-order valence-corrected chi connectivity index (χ4v) is 3.23. The van der Waals surface area contributed by atoms with Gasteiger partial charge in [0.15, 0.2) is 5.78 Å². The van der Waals surface area contributed by atoms with Crippen LogP contribution in [0.4, 0.5) is 0 Å². The summed E-state index contributed by atoms with van der Waals surface area (Å²) in [6, 6.07) is 26.1. The second-order valence-electron chi connectivity index (χ2n) is 6.95. The summed E-state index contributed by atoms with van der Waals surface area (Å²) in [5, 5.41) is 18.4. The van der Waals surface area contributed by atoms with Gasteiger partial charge in [-0.05, 0) is 41.7 Å². The Bertz CT molecular complexity index is 1020. The van der Waals surface area contributed by atoms with Gasteiger partial charge in [0, 0.05) is 12.0 Å². The lowest BCUT2D eigenvalue weighted by atomic mass is 9.92. The van der Waals surface area contributed by atoms with Crippen molar-refractivity contribution in [2.75, 3.05) is 0 Å². The molecular weight excluding hydrogens is 362 g/mol. The summed E-state index contributed by atoms with van der Waals surface area (Å²) in [7, 11) is 0. The molecule has 0 amide bonds. The largest absolute Gasteiger partial charge is 0.481 e. The van der Waals surface area contributed by atoms with E-state index in [0.29, 0.717) is 24.0 Å². The molecule has 0 saturated heterocycles. The van der Waals surface area contributed by atoms with Gasteiger partial charge in [0.25, 0.3) is 0 Å². The zero-order valence-electron chi connectivity index (χ0n) is 15.9. The molecule has 1 unspecified atom stereocenters. The number of benzene rings is 3. The van der Waals surface area contributed by atoms with Crippen LogP contribution in [0.1, 0.15) is 34.3 Å². The summed E-state index contributed by atoms with van der Waals surface area (Å²) in [6.45, 7) is 0. The van der Waals surface area contributed by atoms with Gasteiger partial charge in [0.2, 0.25) is 0 Å². The molecular formula is C25H21NO3. The van der Waals surface area contributed by atoms with Gasteiger partial charge in [0.05, 0.1) is 17.6 Å². The molecule has 0 radical (unpaired) electrons. The third kappa shape index (κ3) is 5.40. The maximum atomic E-state index is 12.6. The predicted octanol–water partition coefficient (Wildman–Crippen LogP) is 5.13. The summed E-state index contributed by atoms with van der Waals surface area (Å²) in [6.07, 6.45) is 1.04. The quantitative estimate of drug-likeness (QED) is 0.547. The monoisotopic (exact) mass is 383 g/mol. The first-order chi connectivity index (χ1) is 14.1. The first-order valence-electron chi connectivity index (χ1n) is 9.47. The summed E-state index contributed by atoms with van der Waals surface area (Å²) < 4.78 is 0. The van der Waals surface area contributed by atoms with Crippen LogP contribution in [-0.2, 0) is 11.2 Å². The number of aliphatic carboxylic acids is 1. The van der Waals surface area contributed by atoms with E-state index < -0.39 is 11.9 Å². The summed E-state index contributed by atoms with van der Waals surface area (Å²) >= 11 is 0. The van der Waals surface area contributed by atoms with Crippen LogP contribution in [0, 0.1) is 17.2 Å². The third-order valence-corrected chi connectivity index (χ3v) is 4.96. The molecule has 0 spiro atoms. The van der Waals surface area contributed by atoms with Gasteiger partial charge in [-0.15, -0.1) is 0 Å². The molecule has 3 aromatic rings. The lowest BCUT2D eigenvalue weighted by molar-refractivity contribution is -0.141. The highest BCUT2D eigenvalue weighted by molar-refractivity contribution is 5.98. The molecule has 0 bridgehead atoms. The number of hydrogen-bond acceptors (Lipinski definition) is 3. The third-order valence-electron chi connectivity index (χ3n) is 4.96. The maximum Gasteiger partial charge on any atom is 0.306 e. The Balaban J connectivity index is 1.65. The molecule has 29 heavy (non-hydrogen) atoms. The lowest BCUT2D eigenvalue weighted by Gasteiger charge is -2.12. The van der Waals surface area contributed by atoms with Crippen LogP contribution in [0.5, 0.6) is 0 Å². The molecule has 4 heteroatoms. The van der Waals surface area contributed by atoms with Crippen molar-refractivity contribution < 1.29 is 14.7 Å². The van der Waals surface area contributed by atoms with E-state index in [1.54, 1.807) is 24.3 Å².